The quantitative estimate of drug-likeness (QED) is 0.481. The van der Waals surface area contributed by atoms with E-state index in [1.54, 1.807) is 24.3 Å². The number of rotatable bonds is 5. The van der Waals surface area contributed by atoms with E-state index in [0.717, 1.165) is 4.90 Å². The van der Waals surface area contributed by atoms with Crippen molar-refractivity contribution in [3.63, 3.8) is 0 Å². The van der Waals surface area contributed by atoms with Crippen molar-refractivity contribution >= 4 is 52.2 Å². The lowest BCUT2D eigenvalue weighted by Crippen LogP contribution is -2.14. The summed E-state index contributed by atoms with van der Waals surface area (Å²) in [5.41, 5.74) is 0.299. The number of halogens is 2. The highest BCUT2D eigenvalue weighted by atomic mass is 35.5. The minimum atomic E-state index is -0.516. The van der Waals surface area contributed by atoms with Gasteiger partial charge in [0.05, 0.1) is 15.7 Å². The summed E-state index contributed by atoms with van der Waals surface area (Å²) < 4.78 is 0. The average Bonchev–Trinajstić information content (AvgIpc) is 2.46. The maximum atomic E-state index is 11.9. The molecule has 0 spiro atoms. The predicted octanol–water partition coefficient (Wildman–Crippen LogP) is 4.63. The molecule has 0 radical (unpaired) electrons. The second-order valence-corrected chi connectivity index (χ2v) is 6.08. The maximum Gasteiger partial charge on any atom is 0.271 e. The van der Waals surface area contributed by atoms with E-state index in [0.29, 0.717) is 15.7 Å². The van der Waals surface area contributed by atoms with Gasteiger partial charge >= 0.3 is 0 Å². The smallest absolute Gasteiger partial charge is 0.271 e. The maximum absolute atomic E-state index is 11.9. The highest BCUT2D eigenvalue weighted by molar-refractivity contribution is 8.00. The number of non-ortho nitro benzene ring substituents is 1. The van der Waals surface area contributed by atoms with Crippen LogP contribution >= 0.6 is 35.0 Å². The lowest BCUT2D eigenvalue weighted by Gasteiger charge is -2.06. The van der Waals surface area contributed by atoms with Crippen LogP contribution in [0.4, 0.5) is 11.4 Å². The zero-order valence-electron chi connectivity index (χ0n) is 11.1. The van der Waals surface area contributed by atoms with E-state index in [-0.39, 0.29) is 17.3 Å². The molecule has 0 aliphatic carbocycles. The zero-order valence-corrected chi connectivity index (χ0v) is 13.4. The molecule has 22 heavy (non-hydrogen) atoms. The number of nitro benzene ring substituents is 1. The molecule has 2 aromatic rings. The van der Waals surface area contributed by atoms with Crippen molar-refractivity contribution in [1.29, 1.82) is 0 Å². The molecule has 0 aliphatic rings. The van der Waals surface area contributed by atoms with Crippen LogP contribution in [0.15, 0.2) is 47.4 Å². The lowest BCUT2D eigenvalue weighted by atomic mass is 10.3. The van der Waals surface area contributed by atoms with Crippen molar-refractivity contribution in [1.82, 2.24) is 0 Å². The van der Waals surface area contributed by atoms with Crippen LogP contribution in [0.25, 0.3) is 0 Å². The first kappa shape index (κ1) is 16.6. The van der Waals surface area contributed by atoms with Crippen LogP contribution in [-0.2, 0) is 4.79 Å². The standard InChI is InChI=1S/C14H10Cl2N2O3S/c15-9-4-5-13(12(16)6-9)22-8-14(19)17-10-2-1-3-11(7-10)18(20)21/h1-7H,8H2,(H,17,19). The molecular formula is C14H10Cl2N2O3S. The zero-order chi connectivity index (χ0) is 16.1. The summed E-state index contributed by atoms with van der Waals surface area (Å²) in [6.07, 6.45) is 0. The summed E-state index contributed by atoms with van der Waals surface area (Å²) in [4.78, 5) is 22.8. The fourth-order valence-electron chi connectivity index (χ4n) is 1.63. The molecule has 0 saturated heterocycles. The Morgan fingerprint density at radius 1 is 1.23 bits per heavy atom. The van der Waals surface area contributed by atoms with Crippen molar-refractivity contribution in [2.45, 2.75) is 4.90 Å². The molecule has 1 amide bonds. The molecule has 0 atom stereocenters. The molecule has 0 aliphatic heterocycles. The second-order valence-electron chi connectivity index (χ2n) is 4.22. The van der Waals surface area contributed by atoms with Crippen molar-refractivity contribution in [3.8, 4) is 0 Å². The second kappa shape index (κ2) is 7.49. The third-order valence-electron chi connectivity index (χ3n) is 2.59. The Kier molecular flexibility index (Phi) is 5.65. The number of nitrogens with zero attached hydrogens (tertiary/aromatic N) is 1. The van der Waals surface area contributed by atoms with Crippen molar-refractivity contribution in [2.75, 3.05) is 11.1 Å². The van der Waals surface area contributed by atoms with Crippen molar-refractivity contribution in [3.05, 3.63) is 62.6 Å². The topological polar surface area (TPSA) is 72.2 Å². The van der Waals surface area contributed by atoms with Crippen LogP contribution in [-0.4, -0.2) is 16.6 Å². The van der Waals surface area contributed by atoms with Crippen LogP contribution in [0.3, 0.4) is 0 Å². The first-order valence-electron chi connectivity index (χ1n) is 6.08. The third kappa shape index (κ3) is 4.62. The normalized spacial score (nSPS) is 10.3. The Labute approximate surface area is 140 Å². The molecular weight excluding hydrogens is 347 g/mol. The fraction of sp³-hybridized carbons (Fsp3) is 0.0714. The number of nitrogens with one attached hydrogen (secondary N) is 1. The molecule has 2 aromatic carbocycles. The van der Waals surface area contributed by atoms with Gasteiger partial charge in [0, 0.05) is 27.7 Å². The summed E-state index contributed by atoms with van der Waals surface area (Å²) in [5.74, 6) is -0.152. The van der Waals surface area contributed by atoms with Crippen LogP contribution < -0.4 is 5.32 Å². The van der Waals surface area contributed by atoms with Gasteiger partial charge in [-0.05, 0) is 24.3 Å². The number of nitro groups is 1. The molecule has 0 heterocycles. The Balaban J connectivity index is 1.95. The van der Waals surface area contributed by atoms with Gasteiger partial charge in [0.1, 0.15) is 0 Å². The largest absolute Gasteiger partial charge is 0.325 e. The van der Waals surface area contributed by atoms with Gasteiger partial charge < -0.3 is 5.32 Å². The van der Waals surface area contributed by atoms with E-state index in [1.165, 1.54) is 30.0 Å². The first-order valence-corrected chi connectivity index (χ1v) is 7.82. The van der Waals surface area contributed by atoms with E-state index >= 15 is 0 Å². The monoisotopic (exact) mass is 356 g/mol. The first-order chi connectivity index (χ1) is 10.5. The molecule has 0 bridgehead atoms. The Hall–Kier alpha value is -1.76. The van der Waals surface area contributed by atoms with Gasteiger partial charge in [0.15, 0.2) is 0 Å². The number of thioether (sulfide) groups is 1. The number of amides is 1. The number of anilines is 1. The summed E-state index contributed by atoms with van der Waals surface area (Å²) in [5, 5.41) is 14.3. The molecule has 1 N–H and O–H groups in total. The number of carbonyl (C=O) groups is 1. The predicted molar refractivity (Wildman–Crippen MR) is 88.9 cm³/mol. The minimum Gasteiger partial charge on any atom is -0.325 e. The lowest BCUT2D eigenvalue weighted by molar-refractivity contribution is -0.384. The molecule has 2 rings (SSSR count). The summed E-state index contributed by atoms with van der Waals surface area (Å²) in [7, 11) is 0. The summed E-state index contributed by atoms with van der Waals surface area (Å²) in [6, 6.07) is 10.8. The van der Waals surface area contributed by atoms with Gasteiger partial charge in [-0.1, -0.05) is 29.3 Å². The average molecular weight is 357 g/mol. The molecule has 0 unspecified atom stereocenters. The van der Waals surface area contributed by atoms with E-state index in [9.17, 15) is 14.9 Å². The third-order valence-corrected chi connectivity index (χ3v) is 4.33. The summed E-state index contributed by atoms with van der Waals surface area (Å²) >= 11 is 13.1. The van der Waals surface area contributed by atoms with Gasteiger partial charge in [0.2, 0.25) is 5.91 Å². The minimum absolute atomic E-state index is 0.0776. The van der Waals surface area contributed by atoms with Gasteiger partial charge in [0.25, 0.3) is 5.69 Å². The van der Waals surface area contributed by atoms with Crippen molar-refractivity contribution in [2.24, 2.45) is 0 Å². The van der Waals surface area contributed by atoms with Crippen molar-refractivity contribution < 1.29 is 9.72 Å². The van der Waals surface area contributed by atoms with Crippen LogP contribution in [0.5, 0.6) is 0 Å². The van der Waals surface area contributed by atoms with E-state index < -0.39 is 4.92 Å². The highest BCUT2D eigenvalue weighted by Crippen LogP contribution is 2.29. The Morgan fingerprint density at radius 3 is 2.68 bits per heavy atom. The summed E-state index contributed by atoms with van der Waals surface area (Å²) in [6.45, 7) is 0. The van der Waals surface area contributed by atoms with Gasteiger partial charge in [-0.2, -0.15) is 0 Å². The number of hydrogen-bond acceptors (Lipinski definition) is 4. The van der Waals surface area contributed by atoms with Crippen LogP contribution in [0.1, 0.15) is 0 Å². The molecule has 0 fully saturated rings. The van der Waals surface area contributed by atoms with Gasteiger partial charge in [-0.3, -0.25) is 14.9 Å². The molecule has 5 nitrogen and oxygen atoms in total. The number of hydrogen-bond donors (Lipinski definition) is 1. The molecule has 8 heteroatoms. The van der Waals surface area contributed by atoms with Gasteiger partial charge in [-0.15, -0.1) is 11.8 Å². The van der Waals surface area contributed by atoms with Crippen LogP contribution in [0, 0.1) is 10.1 Å². The molecule has 114 valence electrons. The Morgan fingerprint density at radius 2 is 2.00 bits per heavy atom. The molecule has 0 saturated carbocycles. The Bertz CT molecular complexity index is 725. The van der Waals surface area contributed by atoms with Crippen LogP contribution in [0.2, 0.25) is 10.0 Å². The van der Waals surface area contributed by atoms with Gasteiger partial charge in [-0.25, -0.2) is 0 Å². The van der Waals surface area contributed by atoms with E-state index in [2.05, 4.69) is 5.32 Å². The highest BCUT2D eigenvalue weighted by Gasteiger charge is 2.09. The number of benzene rings is 2. The fourth-order valence-corrected chi connectivity index (χ4v) is 2.92. The van der Waals surface area contributed by atoms with E-state index in [1.807, 2.05) is 0 Å². The SMILES string of the molecule is O=C(CSc1ccc(Cl)cc1Cl)Nc1cccc([N+](=O)[O-])c1. The molecule has 0 aromatic heterocycles. The number of carbonyl (C=O) groups excluding carboxylic acids is 1. The van der Waals surface area contributed by atoms with E-state index in [4.69, 9.17) is 23.2 Å².